The van der Waals surface area contributed by atoms with Crippen LogP contribution in [0.15, 0.2) is 109 Å². The molecule has 0 N–H and O–H groups in total. The highest BCUT2D eigenvalue weighted by Gasteiger charge is 2.24. The third kappa shape index (κ3) is 2.87. The molecule has 0 amide bonds. The molecule has 0 radical (unpaired) electrons. The second-order valence-electron chi connectivity index (χ2n) is 9.33. The lowest BCUT2D eigenvalue weighted by atomic mass is 9.90. The zero-order valence-corrected chi connectivity index (χ0v) is 20.3. The van der Waals surface area contributed by atoms with Gasteiger partial charge in [-0.25, -0.2) is 0 Å². The summed E-state index contributed by atoms with van der Waals surface area (Å²) in [7, 11) is 4.37. The lowest BCUT2D eigenvalue weighted by molar-refractivity contribution is 0.986. The molecular weight excluding hydrogens is 436 g/mol. The van der Waals surface area contributed by atoms with Gasteiger partial charge in [-0.2, -0.15) is 0 Å². The van der Waals surface area contributed by atoms with Crippen molar-refractivity contribution in [1.82, 2.24) is 9.13 Å². The van der Waals surface area contributed by atoms with Crippen molar-refractivity contribution in [3.8, 4) is 23.0 Å². The first-order valence-electron chi connectivity index (χ1n) is 12.3. The van der Waals surface area contributed by atoms with Gasteiger partial charge in [-0.05, 0) is 29.8 Å². The molecule has 0 unspecified atom stereocenters. The SMILES string of the molecule is Cn1c2ccccc2c2c(C#Cc3ccccc3)c(-c3ccccc3)c3c4ccccc4n(C)c3c21. The Kier molecular flexibility index (Phi) is 4.53. The number of hydrogen-bond donors (Lipinski definition) is 0. The van der Waals surface area contributed by atoms with Crippen LogP contribution in [0.5, 0.6) is 0 Å². The van der Waals surface area contributed by atoms with Gasteiger partial charge >= 0.3 is 0 Å². The maximum atomic E-state index is 3.67. The van der Waals surface area contributed by atoms with Crippen molar-refractivity contribution in [3.05, 3.63) is 120 Å². The average molecular weight is 461 g/mol. The van der Waals surface area contributed by atoms with Crippen LogP contribution in [0.1, 0.15) is 11.1 Å². The minimum absolute atomic E-state index is 1.02. The maximum Gasteiger partial charge on any atom is 0.0749 e. The Hall–Kier alpha value is -4.74. The van der Waals surface area contributed by atoms with Gasteiger partial charge in [0, 0.05) is 63.4 Å². The normalized spacial score (nSPS) is 11.4. The first kappa shape index (κ1) is 20.6. The predicted octanol–water partition coefficient (Wildman–Crippen LogP) is 8.04. The Bertz CT molecular complexity index is 1990. The summed E-state index contributed by atoms with van der Waals surface area (Å²) in [5.74, 6) is 7.16. The number of nitrogens with zero attached hydrogens (tertiary/aromatic N) is 2. The van der Waals surface area contributed by atoms with Crippen molar-refractivity contribution in [2.24, 2.45) is 14.1 Å². The molecule has 7 aromatic rings. The smallest absolute Gasteiger partial charge is 0.0749 e. The van der Waals surface area contributed by atoms with E-state index in [1.807, 2.05) is 18.2 Å². The summed E-state index contributed by atoms with van der Waals surface area (Å²) < 4.78 is 4.70. The second-order valence-corrected chi connectivity index (χ2v) is 9.33. The van der Waals surface area contributed by atoms with E-state index in [2.05, 4.69) is 126 Å². The number of aryl methyl sites for hydroxylation is 2. The van der Waals surface area contributed by atoms with Gasteiger partial charge in [-0.3, -0.25) is 0 Å². The van der Waals surface area contributed by atoms with Crippen LogP contribution < -0.4 is 0 Å². The third-order valence-corrected chi connectivity index (χ3v) is 7.36. The summed E-state index contributed by atoms with van der Waals surface area (Å²) in [6, 6.07) is 38.4. The number of para-hydroxylation sites is 2. The van der Waals surface area contributed by atoms with E-state index in [0.717, 1.165) is 11.1 Å². The third-order valence-electron chi connectivity index (χ3n) is 7.36. The zero-order chi connectivity index (χ0) is 24.2. The topological polar surface area (TPSA) is 9.86 Å². The largest absolute Gasteiger partial charge is 0.342 e. The van der Waals surface area contributed by atoms with Crippen LogP contribution in [0.4, 0.5) is 0 Å². The molecule has 2 nitrogen and oxygen atoms in total. The van der Waals surface area contributed by atoms with Crippen molar-refractivity contribution in [1.29, 1.82) is 0 Å². The fourth-order valence-electron chi connectivity index (χ4n) is 5.77. The first-order valence-corrected chi connectivity index (χ1v) is 12.3. The summed E-state index contributed by atoms with van der Waals surface area (Å²) in [5, 5.41) is 4.96. The molecule has 0 fully saturated rings. The van der Waals surface area contributed by atoms with E-state index in [9.17, 15) is 0 Å². The summed E-state index contributed by atoms with van der Waals surface area (Å²) in [6.45, 7) is 0. The van der Waals surface area contributed by atoms with Crippen LogP contribution in [0, 0.1) is 11.8 Å². The maximum absolute atomic E-state index is 3.67. The van der Waals surface area contributed by atoms with Crippen molar-refractivity contribution in [2.45, 2.75) is 0 Å². The monoisotopic (exact) mass is 460 g/mol. The van der Waals surface area contributed by atoms with Gasteiger partial charge in [0.2, 0.25) is 0 Å². The van der Waals surface area contributed by atoms with Crippen LogP contribution in [0.25, 0.3) is 54.7 Å². The molecule has 36 heavy (non-hydrogen) atoms. The molecule has 0 bridgehead atoms. The molecule has 2 heterocycles. The predicted molar refractivity (Wildman–Crippen MR) is 152 cm³/mol. The Morgan fingerprint density at radius 1 is 0.500 bits per heavy atom. The number of benzene rings is 5. The quantitative estimate of drug-likeness (QED) is 0.219. The van der Waals surface area contributed by atoms with Gasteiger partial charge < -0.3 is 9.13 Å². The van der Waals surface area contributed by atoms with Gasteiger partial charge in [0.05, 0.1) is 11.0 Å². The minimum Gasteiger partial charge on any atom is -0.342 e. The Labute approximate surface area is 210 Å². The van der Waals surface area contributed by atoms with E-state index in [0.29, 0.717) is 0 Å². The molecule has 0 saturated carbocycles. The second kappa shape index (κ2) is 7.90. The molecule has 0 aliphatic carbocycles. The highest BCUT2D eigenvalue weighted by atomic mass is 15.0. The zero-order valence-electron chi connectivity index (χ0n) is 20.3. The van der Waals surface area contributed by atoms with Crippen LogP contribution in [0.3, 0.4) is 0 Å². The van der Waals surface area contributed by atoms with Crippen molar-refractivity contribution in [3.63, 3.8) is 0 Å². The summed E-state index contributed by atoms with van der Waals surface area (Å²) in [4.78, 5) is 0. The molecular formula is C34H24N2. The molecule has 0 spiro atoms. The molecule has 170 valence electrons. The molecule has 0 aliphatic heterocycles. The Morgan fingerprint density at radius 3 is 1.64 bits per heavy atom. The number of hydrogen-bond acceptors (Lipinski definition) is 0. The lowest BCUT2D eigenvalue weighted by Crippen LogP contribution is -1.96. The standard InChI is InChI=1S/C34H24N2/c1-35-28-19-11-9-17-25(28)31-27(22-21-23-13-5-3-6-14-23)30(24-15-7-4-8-16-24)32-26-18-10-12-20-29(26)36(2)34(32)33(31)35/h3-20H,1-2H3. The number of rotatable bonds is 1. The fourth-order valence-corrected chi connectivity index (χ4v) is 5.77. The molecule has 2 heteroatoms. The lowest BCUT2D eigenvalue weighted by Gasteiger charge is -2.13. The average Bonchev–Trinajstić information content (AvgIpc) is 3.40. The van der Waals surface area contributed by atoms with Gasteiger partial charge in [0.25, 0.3) is 0 Å². The van der Waals surface area contributed by atoms with Crippen LogP contribution in [0.2, 0.25) is 0 Å². The van der Waals surface area contributed by atoms with Crippen molar-refractivity contribution in [2.75, 3.05) is 0 Å². The summed E-state index contributed by atoms with van der Waals surface area (Å²) >= 11 is 0. The fraction of sp³-hybridized carbons (Fsp3) is 0.0588. The van der Waals surface area contributed by atoms with Crippen LogP contribution in [-0.2, 0) is 14.1 Å². The minimum atomic E-state index is 1.02. The molecule has 0 aliphatic rings. The van der Waals surface area contributed by atoms with Gasteiger partial charge in [0.1, 0.15) is 0 Å². The van der Waals surface area contributed by atoms with E-state index in [4.69, 9.17) is 0 Å². The van der Waals surface area contributed by atoms with E-state index >= 15 is 0 Å². The van der Waals surface area contributed by atoms with Crippen LogP contribution in [-0.4, -0.2) is 9.13 Å². The summed E-state index contributed by atoms with van der Waals surface area (Å²) in [5.41, 5.74) is 9.40. The molecule has 0 saturated heterocycles. The number of fused-ring (bicyclic) bond motifs is 7. The summed E-state index contributed by atoms with van der Waals surface area (Å²) in [6.07, 6.45) is 0. The van der Waals surface area contributed by atoms with Gasteiger partial charge in [-0.15, -0.1) is 0 Å². The van der Waals surface area contributed by atoms with Gasteiger partial charge in [0.15, 0.2) is 0 Å². The Morgan fingerprint density at radius 2 is 1.00 bits per heavy atom. The molecule has 5 aromatic carbocycles. The van der Waals surface area contributed by atoms with E-state index in [1.165, 1.54) is 54.7 Å². The molecule has 0 atom stereocenters. The van der Waals surface area contributed by atoms with Gasteiger partial charge in [-0.1, -0.05) is 96.8 Å². The molecule has 2 aromatic heterocycles. The molecule has 7 rings (SSSR count). The van der Waals surface area contributed by atoms with E-state index < -0.39 is 0 Å². The first-order chi connectivity index (χ1) is 17.7. The number of aromatic nitrogens is 2. The van der Waals surface area contributed by atoms with Crippen molar-refractivity contribution >= 4 is 43.6 Å². The van der Waals surface area contributed by atoms with Crippen molar-refractivity contribution < 1.29 is 0 Å². The van der Waals surface area contributed by atoms with E-state index in [1.54, 1.807) is 0 Å². The Balaban J connectivity index is 1.81. The highest BCUT2D eigenvalue weighted by molar-refractivity contribution is 6.29. The van der Waals surface area contributed by atoms with E-state index in [-0.39, 0.29) is 0 Å². The van der Waals surface area contributed by atoms with Crippen LogP contribution >= 0.6 is 0 Å². The highest BCUT2D eigenvalue weighted by Crippen LogP contribution is 2.46.